The van der Waals surface area contributed by atoms with Gasteiger partial charge in [-0.2, -0.15) is 0 Å². The highest BCUT2D eigenvalue weighted by Crippen LogP contribution is 2.19. The van der Waals surface area contributed by atoms with E-state index < -0.39 is 0 Å². The number of benzene rings is 1. The van der Waals surface area contributed by atoms with Crippen LogP contribution in [0.25, 0.3) is 0 Å². The first kappa shape index (κ1) is 18.4. The summed E-state index contributed by atoms with van der Waals surface area (Å²) in [6, 6.07) is 7.61. The van der Waals surface area contributed by atoms with E-state index in [4.69, 9.17) is 10.5 Å². The van der Waals surface area contributed by atoms with Gasteiger partial charge in [-0.05, 0) is 18.2 Å². The van der Waals surface area contributed by atoms with Crippen molar-refractivity contribution >= 4 is 11.4 Å². The van der Waals surface area contributed by atoms with Crippen LogP contribution in [0.1, 0.15) is 20.3 Å². The van der Waals surface area contributed by atoms with E-state index in [9.17, 15) is 0 Å². The standard InChI is InChI=1S/C16H20N4O.C2H6/c1-18-15(17)16(19-12-7-4-3-5-8-12)20-13-9-6-10-14(11-13)21-2;1-2/h3-7,9-11,18,20H,8,17H2,1-2H3;1-2H3/b16-15+,19-12-;. The van der Waals surface area contributed by atoms with Crippen LogP contribution in [0, 0.1) is 0 Å². The second-order valence-corrected chi connectivity index (χ2v) is 4.46. The van der Waals surface area contributed by atoms with Gasteiger partial charge in [0.05, 0.1) is 7.11 Å². The quantitative estimate of drug-likeness (QED) is 0.779. The van der Waals surface area contributed by atoms with Gasteiger partial charge in [0.1, 0.15) is 11.6 Å². The van der Waals surface area contributed by atoms with Gasteiger partial charge >= 0.3 is 0 Å². The molecule has 0 atom stereocenters. The van der Waals surface area contributed by atoms with Crippen molar-refractivity contribution in [3.8, 4) is 5.75 Å². The lowest BCUT2D eigenvalue weighted by molar-refractivity contribution is 0.415. The molecule has 5 heteroatoms. The molecular formula is C18H26N4O. The minimum absolute atomic E-state index is 0.480. The Kier molecular flexibility index (Phi) is 8.07. The zero-order chi connectivity index (χ0) is 17.1. The average molecular weight is 314 g/mol. The largest absolute Gasteiger partial charge is 0.497 e. The Morgan fingerprint density at radius 1 is 1.26 bits per heavy atom. The molecule has 2 rings (SSSR count). The molecule has 4 N–H and O–H groups in total. The van der Waals surface area contributed by atoms with Gasteiger partial charge in [0.25, 0.3) is 0 Å². The monoisotopic (exact) mass is 314 g/mol. The molecule has 124 valence electrons. The second kappa shape index (κ2) is 10.1. The lowest BCUT2D eigenvalue weighted by atomic mass is 10.1. The molecule has 0 unspecified atom stereocenters. The van der Waals surface area contributed by atoms with E-state index in [0.29, 0.717) is 11.6 Å². The molecule has 1 aromatic rings. The summed E-state index contributed by atoms with van der Waals surface area (Å²) in [4.78, 5) is 4.58. The van der Waals surface area contributed by atoms with Crippen molar-refractivity contribution in [3.63, 3.8) is 0 Å². The van der Waals surface area contributed by atoms with Crippen molar-refractivity contribution in [2.24, 2.45) is 10.7 Å². The zero-order valence-corrected chi connectivity index (χ0v) is 14.3. The van der Waals surface area contributed by atoms with Crippen molar-refractivity contribution in [2.75, 3.05) is 19.5 Å². The summed E-state index contributed by atoms with van der Waals surface area (Å²) in [5.41, 5.74) is 7.79. The number of ether oxygens (including phenoxy) is 1. The number of allylic oxidation sites excluding steroid dienone is 4. The lowest BCUT2D eigenvalue weighted by Gasteiger charge is -2.13. The predicted molar refractivity (Wildman–Crippen MR) is 98.6 cm³/mol. The Labute approximate surface area is 138 Å². The van der Waals surface area contributed by atoms with E-state index >= 15 is 0 Å². The molecule has 23 heavy (non-hydrogen) atoms. The molecule has 1 aliphatic carbocycles. The molecule has 0 bridgehead atoms. The van der Waals surface area contributed by atoms with Crippen LogP contribution in [0.2, 0.25) is 0 Å². The molecule has 1 aromatic carbocycles. The van der Waals surface area contributed by atoms with Gasteiger partial charge in [-0.3, -0.25) is 0 Å². The van der Waals surface area contributed by atoms with Crippen LogP contribution < -0.4 is 21.1 Å². The van der Waals surface area contributed by atoms with Gasteiger partial charge in [0, 0.05) is 30.9 Å². The number of methoxy groups -OCH3 is 1. The van der Waals surface area contributed by atoms with Crippen molar-refractivity contribution in [1.82, 2.24) is 5.32 Å². The fourth-order valence-electron chi connectivity index (χ4n) is 1.84. The maximum Gasteiger partial charge on any atom is 0.171 e. The summed E-state index contributed by atoms with van der Waals surface area (Å²) in [6.07, 6.45) is 8.77. The number of nitrogens with zero attached hydrogens (tertiary/aromatic N) is 1. The van der Waals surface area contributed by atoms with Crippen molar-refractivity contribution in [1.29, 1.82) is 0 Å². The number of aliphatic imine (C=N–C) groups is 1. The lowest BCUT2D eigenvalue weighted by Crippen LogP contribution is -2.21. The number of rotatable bonds is 5. The predicted octanol–water partition coefficient (Wildman–Crippen LogP) is 3.40. The Balaban J connectivity index is 0.00000127. The third-order valence-corrected chi connectivity index (χ3v) is 2.98. The van der Waals surface area contributed by atoms with Crippen molar-refractivity contribution < 1.29 is 4.74 Å². The summed E-state index contributed by atoms with van der Waals surface area (Å²) >= 11 is 0. The minimum atomic E-state index is 0.480. The number of nitrogens with two attached hydrogens (primary N) is 1. The first-order valence-electron chi connectivity index (χ1n) is 7.72. The highest BCUT2D eigenvalue weighted by Gasteiger charge is 2.05. The molecule has 0 radical (unpaired) electrons. The first-order chi connectivity index (χ1) is 11.2. The van der Waals surface area contributed by atoms with Crippen LogP contribution in [-0.4, -0.2) is 19.9 Å². The molecule has 0 heterocycles. The zero-order valence-electron chi connectivity index (χ0n) is 14.3. The van der Waals surface area contributed by atoms with Crippen LogP contribution in [0.5, 0.6) is 5.75 Å². The number of hydrogen-bond donors (Lipinski definition) is 3. The highest BCUT2D eigenvalue weighted by molar-refractivity contribution is 5.98. The maximum atomic E-state index is 5.98. The van der Waals surface area contributed by atoms with Gasteiger partial charge in [-0.1, -0.05) is 38.1 Å². The minimum Gasteiger partial charge on any atom is -0.497 e. The van der Waals surface area contributed by atoms with E-state index in [1.807, 2.05) is 56.3 Å². The number of hydrogen-bond acceptors (Lipinski definition) is 5. The third kappa shape index (κ3) is 5.90. The average Bonchev–Trinajstić information content (AvgIpc) is 2.63. The molecule has 5 nitrogen and oxygen atoms in total. The third-order valence-electron chi connectivity index (χ3n) is 2.98. The molecule has 0 amide bonds. The molecule has 0 fully saturated rings. The molecule has 0 aliphatic heterocycles. The summed E-state index contributed by atoms with van der Waals surface area (Å²) < 4.78 is 5.21. The summed E-state index contributed by atoms with van der Waals surface area (Å²) in [5, 5.41) is 6.14. The van der Waals surface area contributed by atoms with E-state index in [-0.39, 0.29) is 0 Å². The van der Waals surface area contributed by atoms with E-state index in [1.165, 1.54) is 0 Å². The Morgan fingerprint density at radius 3 is 2.65 bits per heavy atom. The summed E-state index contributed by atoms with van der Waals surface area (Å²) in [6.45, 7) is 4.00. The molecule has 0 saturated carbocycles. The van der Waals surface area contributed by atoms with Crippen LogP contribution >= 0.6 is 0 Å². The van der Waals surface area contributed by atoms with E-state index in [2.05, 4.69) is 21.7 Å². The fraction of sp³-hybridized carbons (Fsp3) is 0.278. The number of nitrogens with one attached hydrogen (secondary N) is 2. The van der Waals surface area contributed by atoms with Gasteiger partial charge in [0.2, 0.25) is 0 Å². The molecule has 0 aromatic heterocycles. The summed E-state index contributed by atoms with van der Waals surface area (Å²) in [5.74, 6) is 1.84. The van der Waals surface area contributed by atoms with Gasteiger partial charge in [-0.15, -0.1) is 0 Å². The Bertz CT molecular complexity index is 615. The SMILES string of the molecule is CC.CN/C(N)=C(\N=C1\C=CC=CC1)Nc1cccc(OC)c1. The van der Waals surface area contributed by atoms with Gasteiger partial charge in [-0.25, -0.2) is 4.99 Å². The van der Waals surface area contributed by atoms with E-state index in [0.717, 1.165) is 23.6 Å². The topological polar surface area (TPSA) is 71.7 Å². The normalized spacial score (nSPS) is 15.4. The van der Waals surface area contributed by atoms with Crippen LogP contribution in [0.4, 0.5) is 5.69 Å². The Morgan fingerprint density at radius 2 is 2.04 bits per heavy atom. The van der Waals surface area contributed by atoms with Crippen molar-refractivity contribution in [3.05, 3.63) is 60.2 Å². The maximum absolute atomic E-state index is 5.98. The van der Waals surface area contributed by atoms with Gasteiger partial charge < -0.3 is 21.1 Å². The van der Waals surface area contributed by atoms with E-state index in [1.54, 1.807) is 14.2 Å². The molecule has 0 spiro atoms. The fourth-order valence-corrected chi connectivity index (χ4v) is 1.84. The second-order valence-electron chi connectivity index (χ2n) is 4.46. The Hall–Kier alpha value is -2.69. The smallest absolute Gasteiger partial charge is 0.171 e. The van der Waals surface area contributed by atoms with Crippen molar-refractivity contribution in [2.45, 2.75) is 20.3 Å². The number of anilines is 1. The molecule has 1 aliphatic rings. The summed E-state index contributed by atoms with van der Waals surface area (Å²) in [7, 11) is 3.40. The van der Waals surface area contributed by atoms with Crippen LogP contribution in [0.15, 0.2) is 65.2 Å². The van der Waals surface area contributed by atoms with Crippen LogP contribution in [-0.2, 0) is 0 Å². The molecule has 0 saturated heterocycles. The van der Waals surface area contributed by atoms with Crippen LogP contribution in [0.3, 0.4) is 0 Å². The highest BCUT2D eigenvalue weighted by atomic mass is 16.5. The first-order valence-corrected chi connectivity index (χ1v) is 7.72. The molecular weight excluding hydrogens is 288 g/mol. The van der Waals surface area contributed by atoms with Gasteiger partial charge in [0.15, 0.2) is 5.82 Å².